The van der Waals surface area contributed by atoms with Gasteiger partial charge in [0, 0.05) is 23.1 Å². The van der Waals surface area contributed by atoms with Gasteiger partial charge >= 0.3 is 12.6 Å². The van der Waals surface area contributed by atoms with E-state index in [1.54, 1.807) is 41.4 Å². The Labute approximate surface area is 216 Å². The maximum Gasteiger partial charge on any atom is 0.387 e. The number of carbonyl (C=O) groups is 1. The third-order valence-corrected chi connectivity index (χ3v) is 6.47. The highest BCUT2D eigenvalue weighted by atomic mass is 19.3. The molecular formula is C27H24F2N2O7. The van der Waals surface area contributed by atoms with Crippen LogP contribution in [0.3, 0.4) is 0 Å². The van der Waals surface area contributed by atoms with Crippen LogP contribution in [0.5, 0.6) is 28.7 Å². The minimum Gasteiger partial charge on any atom is -0.493 e. The van der Waals surface area contributed by atoms with E-state index in [4.69, 9.17) is 28.8 Å². The van der Waals surface area contributed by atoms with Crippen LogP contribution in [-0.4, -0.2) is 49.7 Å². The Morgan fingerprint density at radius 1 is 0.974 bits per heavy atom. The van der Waals surface area contributed by atoms with Gasteiger partial charge in [0.1, 0.15) is 11.3 Å². The summed E-state index contributed by atoms with van der Waals surface area (Å²) in [6.07, 6.45) is -0.699. The van der Waals surface area contributed by atoms with Gasteiger partial charge in [0.2, 0.25) is 6.23 Å². The van der Waals surface area contributed by atoms with Crippen LogP contribution in [-0.2, 0) is 0 Å². The monoisotopic (exact) mass is 526 g/mol. The van der Waals surface area contributed by atoms with Crippen molar-refractivity contribution in [3.63, 3.8) is 0 Å². The van der Waals surface area contributed by atoms with Crippen molar-refractivity contribution < 1.29 is 42.4 Å². The molecule has 0 aromatic heterocycles. The van der Waals surface area contributed by atoms with Crippen LogP contribution in [0.25, 0.3) is 0 Å². The minimum absolute atomic E-state index is 0.0122. The molecule has 0 amide bonds. The number of methoxy groups -OCH3 is 3. The van der Waals surface area contributed by atoms with Crippen molar-refractivity contribution in [3.8, 4) is 28.7 Å². The molecule has 2 aliphatic heterocycles. The Bertz CT molecular complexity index is 1410. The summed E-state index contributed by atoms with van der Waals surface area (Å²) in [5.74, 6) is -0.104. The molecule has 11 heteroatoms. The van der Waals surface area contributed by atoms with Crippen molar-refractivity contribution in [2.45, 2.75) is 25.3 Å². The van der Waals surface area contributed by atoms with E-state index in [9.17, 15) is 18.7 Å². The number of rotatable bonds is 8. The summed E-state index contributed by atoms with van der Waals surface area (Å²) in [6, 6.07) is 14.6. The van der Waals surface area contributed by atoms with E-state index < -0.39 is 24.9 Å². The van der Waals surface area contributed by atoms with Crippen LogP contribution in [0.2, 0.25) is 0 Å². The molecule has 5 rings (SSSR count). The van der Waals surface area contributed by atoms with E-state index in [1.165, 1.54) is 27.4 Å². The van der Waals surface area contributed by atoms with Gasteiger partial charge in [0.05, 0.1) is 33.1 Å². The van der Waals surface area contributed by atoms with Crippen molar-refractivity contribution in [2.24, 2.45) is 5.10 Å². The number of fused-ring (bicyclic) bond motifs is 3. The van der Waals surface area contributed by atoms with Crippen molar-refractivity contribution in [1.82, 2.24) is 5.01 Å². The van der Waals surface area contributed by atoms with Crippen LogP contribution in [0.15, 0.2) is 59.7 Å². The number of aromatic carboxylic acids is 1. The van der Waals surface area contributed by atoms with Crippen molar-refractivity contribution in [1.29, 1.82) is 0 Å². The number of nitrogens with zero attached hydrogens (tertiary/aromatic N) is 2. The lowest BCUT2D eigenvalue weighted by Crippen LogP contribution is -2.35. The number of halogens is 2. The average Bonchev–Trinajstić information content (AvgIpc) is 3.37. The summed E-state index contributed by atoms with van der Waals surface area (Å²) in [5, 5.41) is 16.5. The first kappa shape index (κ1) is 25.1. The van der Waals surface area contributed by atoms with E-state index in [2.05, 4.69) is 0 Å². The number of alkyl halides is 2. The third kappa shape index (κ3) is 4.19. The van der Waals surface area contributed by atoms with Crippen LogP contribution in [0.4, 0.5) is 8.78 Å². The largest absolute Gasteiger partial charge is 0.493 e. The van der Waals surface area contributed by atoms with Gasteiger partial charge in [-0.05, 0) is 30.3 Å². The Hall–Kier alpha value is -4.54. The Morgan fingerprint density at radius 3 is 2.39 bits per heavy atom. The molecule has 2 heterocycles. The highest BCUT2D eigenvalue weighted by Gasteiger charge is 2.44. The van der Waals surface area contributed by atoms with Crippen LogP contribution >= 0.6 is 0 Å². The van der Waals surface area contributed by atoms with Crippen LogP contribution < -0.4 is 23.7 Å². The molecule has 2 aliphatic rings. The molecular weight excluding hydrogens is 502 g/mol. The molecule has 3 aromatic rings. The van der Waals surface area contributed by atoms with E-state index >= 15 is 0 Å². The summed E-state index contributed by atoms with van der Waals surface area (Å²) < 4.78 is 53.6. The lowest BCUT2D eigenvalue weighted by molar-refractivity contribution is -0.0499. The van der Waals surface area contributed by atoms with Crippen molar-refractivity contribution >= 4 is 11.7 Å². The highest BCUT2D eigenvalue weighted by molar-refractivity contribution is 6.04. The lowest BCUT2D eigenvalue weighted by Gasteiger charge is -2.39. The van der Waals surface area contributed by atoms with Gasteiger partial charge in [-0.15, -0.1) is 0 Å². The zero-order valence-corrected chi connectivity index (χ0v) is 20.7. The summed E-state index contributed by atoms with van der Waals surface area (Å²) in [5.41, 5.74) is 1.74. The predicted molar refractivity (Wildman–Crippen MR) is 132 cm³/mol. The molecule has 198 valence electrons. The second kappa shape index (κ2) is 10.1. The number of para-hydroxylation sites is 2. The second-order valence-corrected chi connectivity index (χ2v) is 8.44. The van der Waals surface area contributed by atoms with Gasteiger partial charge in [-0.1, -0.05) is 24.3 Å². The van der Waals surface area contributed by atoms with Gasteiger partial charge in [0.25, 0.3) is 0 Å². The first-order valence-corrected chi connectivity index (χ1v) is 11.6. The molecule has 0 radical (unpaired) electrons. The topological polar surface area (TPSA) is 99.0 Å². The zero-order valence-electron chi connectivity index (χ0n) is 20.7. The molecule has 0 unspecified atom stereocenters. The predicted octanol–water partition coefficient (Wildman–Crippen LogP) is 5.25. The minimum atomic E-state index is -3.01. The standard InChI is InChI=1S/C27H24F2N2O7/c1-34-20-10-6-8-15-18-13-17(14-7-4-5-9-19(14)37-27(28)29)30-31(18)25(38-23(15)20)16-11-12-21(35-2)24(36-3)22(16)26(32)33/h4-12,18,25,27H,13H2,1-3H3,(H,32,33)/t18-,25-/m0/s1. The van der Waals surface area contributed by atoms with Gasteiger partial charge in [-0.3, -0.25) is 0 Å². The first-order valence-electron chi connectivity index (χ1n) is 11.6. The summed E-state index contributed by atoms with van der Waals surface area (Å²) in [6.45, 7) is -3.01. The second-order valence-electron chi connectivity index (χ2n) is 8.44. The van der Waals surface area contributed by atoms with E-state index in [0.29, 0.717) is 29.2 Å². The molecule has 0 aliphatic carbocycles. The Kier molecular flexibility index (Phi) is 6.66. The van der Waals surface area contributed by atoms with Crippen LogP contribution in [0.1, 0.15) is 45.7 Å². The normalized spacial score (nSPS) is 17.7. The number of hydrogen-bond acceptors (Lipinski definition) is 8. The SMILES string of the molecule is COc1cccc2c1O[C@@H](c1ccc(OC)c(OC)c1C(=O)O)N1N=C(c3ccccc3OC(F)F)C[C@@H]21. The fourth-order valence-corrected chi connectivity index (χ4v) is 4.88. The third-order valence-electron chi connectivity index (χ3n) is 6.47. The number of hydrazone groups is 1. The smallest absolute Gasteiger partial charge is 0.387 e. The lowest BCUT2D eigenvalue weighted by atomic mass is 9.94. The Morgan fingerprint density at radius 2 is 1.71 bits per heavy atom. The van der Waals surface area contributed by atoms with Gasteiger partial charge in [-0.2, -0.15) is 13.9 Å². The number of ether oxygens (including phenoxy) is 5. The van der Waals surface area contributed by atoms with Gasteiger partial charge < -0.3 is 28.8 Å². The molecule has 38 heavy (non-hydrogen) atoms. The first-order chi connectivity index (χ1) is 18.4. The van der Waals surface area contributed by atoms with Crippen molar-refractivity contribution in [2.75, 3.05) is 21.3 Å². The molecule has 0 fully saturated rings. The van der Waals surface area contributed by atoms with Crippen LogP contribution in [0, 0.1) is 0 Å². The number of hydrogen-bond donors (Lipinski definition) is 1. The highest BCUT2D eigenvalue weighted by Crippen LogP contribution is 2.52. The number of carboxylic acids is 1. The molecule has 0 saturated carbocycles. The molecule has 0 spiro atoms. The molecule has 0 saturated heterocycles. The van der Waals surface area contributed by atoms with Crippen molar-refractivity contribution in [3.05, 3.63) is 76.9 Å². The average molecular weight is 526 g/mol. The molecule has 3 aromatic carbocycles. The van der Waals surface area contributed by atoms with Gasteiger partial charge in [0.15, 0.2) is 23.0 Å². The molecule has 1 N–H and O–H groups in total. The molecule has 0 bridgehead atoms. The van der Waals surface area contributed by atoms with Gasteiger partial charge in [-0.25, -0.2) is 9.80 Å². The number of carboxylic acid groups (broad SMARTS) is 1. The summed E-state index contributed by atoms with van der Waals surface area (Å²) in [7, 11) is 4.27. The number of benzene rings is 3. The van der Waals surface area contributed by atoms with E-state index in [1.807, 2.05) is 12.1 Å². The Balaban J connectivity index is 1.69. The summed E-state index contributed by atoms with van der Waals surface area (Å²) >= 11 is 0. The maximum atomic E-state index is 13.1. The summed E-state index contributed by atoms with van der Waals surface area (Å²) in [4.78, 5) is 12.4. The van der Waals surface area contributed by atoms with E-state index in [-0.39, 0.29) is 28.4 Å². The maximum absolute atomic E-state index is 13.1. The molecule has 9 nitrogen and oxygen atoms in total. The fraction of sp³-hybridized carbons (Fsp3) is 0.259. The molecule has 2 atom stereocenters. The quantitative estimate of drug-likeness (QED) is 0.425. The fourth-order valence-electron chi connectivity index (χ4n) is 4.88. The van der Waals surface area contributed by atoms with E-state index in [0.717, 1.165) is 5.56 Å². The zero-order chi connectivity index (χ0) is 27.0.